The lowest BCUT2D eigenvalue weighted by atomic mass is 9.65. The van der Waals surface area contributed by atoms with Crippen molar-refractivity contribution in [2.24, 2.45) is 23.7 Å². The summed E-state index contributed by atoms with van der Waals surface area (Å²) in [5.41, 5.74) is 0. The molecule has 3 aliphatic carbocycles. The van der Waals surface area contributed by atoms with E-state index in [9.17, 15) is 0 Å². The zero-order valence-corrected chi connectivity index (χ0v) is 6.55. The summed E-state index contributed by atoms with van der Waals surface area (Å²) in [5.74, 6) is 4.78. The second-order valence-electron chi connectivity index (χ2n) is 4.69. The Bertz CT molecular complexity index is 146. The van der Waals surface area contributed by atoms with Gasteiger partial charge in [-0.1, -0.05) is 19.3 Å². The number of hydrogen-bond donors (Lipinski definition) is 0. The Kier molecular flexibility index (Phi) is 1.00. The van der Waals surface area contributed by atoms with Gasteiger partial charge in [0.1, 0.15) is 0 Å². The Morgan fingerprint density at radius 1 is 0.800 bits per heavy atom. The molecule has 0 aliphatic heterocycles. The first-order valence-corrected chi connectivity index (χ1v) is 4.93. The molecule has 10 heavy (non-hydrogen) atoms. The van der Waals surface area contributed by atoms with E-state index in [1.165, 1.54) is 23.7 Å². The van der Waals surface area contributed by atoms with Gasteiger partial charge < -0.3 is 0 Å². The lowest BCUT2D eigenvalue weighted by Crippen LogP contribution is -2.32. The van der Waals surface area contributed by atoms with Crippen LogP contribution in [0.2, 0.25) is 0 Å². The highest BCUT2D eigenvalue weighted by Gasteiger charge is 2.48. The second kappa shape index (κ2) is 1.78. The van der Waals surface area contributed by atoms with E-state index in [2.05, 4.69) is 0 Å². The molecule has 3 fully saturated rings. The predicted octanol–water partition coefficient (Wildman–Crippen LogP) is 2.83. The van der Waals surface area contributed by atoms with Crippen molar-refractivity contribution < 1.29 is 0 Å². The van der Waals surface area contributed by atoms with Gasteiger partial charge in [0.15, 0.2) is 0 Å². The van der Waals surface area contributed by atoms with E-state index in [1.54, 1.807) is 38.5 Å². The topological polar surface area (TPSA) is 0 Å². The van der Waals surface area contributed by atoms with Crippen molar-refractivity contribution in [3.05, 3.63) is 0 Å². The van der Waals surface area contributed by atoms with Crippen LogP contribution in [0.5, 0.6) is 0 Å². The van der Waals surface area contributed by atoms with Gasteiger partial charge in [-0.05, 0) is 42.9 Å². The smallest absolute Gasteiger partial charge is 0.0354 e. The number of rotatable bonds is 0. The van der Waals surface area contributed by atoms with Crippen LogP contribution in [-0.2, 0) is 0 Å². The van der Waals surface area contributed by atoms with Gasteiger partial charge in [-0.2, -0.15) is 0 Å². The highest BCUT2D eigenvalue weighted by atomic mass is 14.5. The second-order valence-corrected chi connectivity index (χ2v) is 4.69. The lowest BCUT2D eigenvalue weighted by Gasteiger charge is -2.40. The maximum absolute atomic E-state index is 1.62. The van der Waals surface area contributed by atoms with Gasteiger partial charge >= 0.3 is 0 Å². The molecule has 3 saturated carbocycles. The van der Waals surface area contributed by atoms with E-state index < -0.39 is 0 Å². The summed E-state index contributed by atoms with van der Waals surface area (Å²) in [7, 11) is 0. The summed E-state index contributed by atoms with van der Waals surface area (Å²) in [6.45, 7) is 0. The largest absolute Gasteiger partial charge is 0.0528 e. The molecule has 0 aromatic heterocycles. The average molecular weight is 136 g/mol. The van der Waals surface area contributed by atoms with Gasteiger partial charge in [-0.25, -0.2) is 0 Å². The van der Waals surface area contributed by atoms with Crippen molar-refractivity contribution >= 4 is 0 Å². The van der Waals surface area contributed by atoms with E-state index in [0.29, 0.717) is 0 Å². The molecule has 56 valence electrons. The molecule has 0 spiro atoms. The Labute approximate surface area is 63.0 Å². The van der Waals surface area contributed by atoms with Crippen molar-refractivity contribution in [3.63, 3.8) is 0 Å². The fraction of sp³-hybridized carbons (Fsp3) is 1.00. The van der Waals surface area contributed by atoms with E-state index in [1.807, 2.05) is 0 Å². The zero-order valence-electron chi connectivity index (χ0n) is 6.55. The molecule has 2 bridgehead atoms. The minimum Gasteiger partial charge on any atom is -0.0528 e. The van der Waals surface area contributed by atoms with Crippen LogP contribution in [0.15, 0.2) is 0 Å². The monoisotopic (exact) mass is 136 g/mol. The maximum Gasteiger partial charge on any atom is -0.0354 e. The molecule has 0 heterocycles. The molecule has 0 saturated heterocycles. The standard InChI is InChI=1S/C10H16/c1-2-7-4-9-6-8(3-1)10(9)5-7/h7-10H,1-6H2. The highest BCUT2D eigenvalue weighted by molar-refractivity contribution is 4.98. The van der Waals surface area contributed by atoms with Crippen LogP contribution in [0.1, 0.15) is 38.5 Å². The summed E-state index contributed by atoms with van der Waals surface area (Å²) in [5, 5.41) is 0. The molecular weight excluding hydrogens is 120 g/mol. The van der Waals surface area contributed by atoms with Gasteiger partial charge in [-0.15, -0.1) is 0 Å². The van der Waals surface area contributed by atoms with Crippen molar-refractivity contribution in [1.29, 1.82) is 0 Å². The minimum atomic E-state index is 1.17. The molecule has 0 N–H and O–H groups in total. The summed E-state index contributed by atoms with van der Waals surface area (Å²) in [4.78, 5) is 0. The summed E-state index contributed by atoms with van der Waals surface area (Å²) < 4.78 is 0. The van der Waals surface area contributed by atoms with Crippen molar-refractivity contribution in [2.75, 3.05) is 0 Å². The Morgan fingerprint density at radius 3 is 2.80 bits per heavy atom. The number of fused-ring (bicyclic) bond motifs is 1. The van der Waals surface area contributed by atoms with Crippen molar-refractivity contribution in [2.45, 2.75) is 38.5 Å². The highest BCUT2D eigenvalue weighted by Crippen LogP contribution is 2.58. The third kappa shape index (κ3) is 0.580. The molecule has 0 radical (unpaired) electrons. The third-order valence-electron chi connectivity index (χ3n) is 4.25. The van der Waals surface area contributed by atoms with Crippen LogP contribution in [-0.4, -0.2) is 0 Å². The summed E-state index contributed by atoms with van der Waals surface area (Å²) >= 11 is 0. The van der Waals surface area contributed by atoms with Crippen molar-refractivity contribution in [3.8, 4) is 0 Å². The molecule has 3 aliphatic rings. The first-order chi connectivity index (χ1) is 4.93. The Morgan fingerprint density at radius 2 is 1.80 bits per heavy atom. The van der Waals surface area contributed by atoms with E-state index in [-0.39, 0.29) is 0 Å². The quantitative estimate of drug-likeness (QED) is 0.480. The van der Waals surface area contributed by atoms with Gasteiger partial charge in [0.2, 0.25) is 0 Å². The third-order valence-corrected chi connectivity index (χ3v) is 4.25. The average Bonchev–Trinajstić information content (AvgIpc) is 2.02. The first-order valence-electron chi connectivity index (χ1n) is 4.93. The molecule has 3 rings (SSSR count). The molecule has 4 atom stereocenters. The molecule has 0 heteroatoms. The summed E-state index contributed by atoms with van der Waals surface area (Å²) in [6.07, 6.45) is 9.55. The van der Waals surface area contributed by atoms with E-state index in [0.717, 1.165) is 0 Å². The van der Waals surface area contributed by atoms with Gasteiger partial charge in [0.25, 0.3) is 0 Å². The molecule has 0 nitrogen and oxygen atoms in total. The lowest BCUT2D eigenvalue weighted by molar-refractivity contribution is 0.0927. The number of hydrogen-bond acceptors (Lipinski definition) is 0. The zero-order chi connectivity index (χ0) is 6.55. The fourth-order valence-corrected chi connectivity index (χ4v) is 3.73. The molecule has 0 aromatic rings. The maximum atomic E-state index is 1.62. The van der Waals surface area contributed by atoms with E-state index in [4.69, 9.17) is 0 Å². The van der Waals surface area contributed by atoms with Gasteiger partial charge in [0.05, 0.1) is 0 Å². The minimum absolute atomic E-state index is 1.17. The van der Waals surface area contributed by atoms with Crippen LogP contribution < -0.4 is 0 Å². The molecule has 0 aromatic carbocycles. The van der Waals surface area contributed by atoms with Crippen LogP contribution in [0, 0.1) is 23.7 Å². The van der Waals surface area contributed by atoms with Gasteiger partial charge in [0, 0.05) is 0 Å². The molecule has 4 unspecified atom stereocenters. The van der Waals surface area contributed by atoms with Crippen LogP contribution >= 0.6 is 0 Å². The molecule has 0 amide bonds. The van der Waals surface area contributed by atoms with Gasteiger partial charge in [-0.3, -0.25) is 0 Å². The Balaban J connectivity index is 1.87. The molecular formula is C10H16. The first kappa shape index (κ1) is 5.62. The SMILES string of the molecule is C1CC2CC3CC(C1)C3C2. The van der Waals surface area contributed by atoms with Crippen LogP contribution in [0.25, 0.3) is 0 Å². The predicted molar refractivity (Wildman–Crippen MR) is 41.7 cm³/mol. The Hall–Kier alpha value is 0. The normalized spacial score (nSPS) is 57.6. The van der Waals surface area contributed by atoms with Crippen molar-refractivity contribution in [1.82, 2.24) is 0 Å². The summed E-state index contributed by atoms with van der Waals surface area (Å²) in [6, 6.07) is 0. The van der Waals surface area contributed by atoms with Crippen LogP contribution in [0.4, 0.5) is 0 Å². The fourth-order valence-electron chi connectivity index (χ4n) is 3.73. The van der Waals surface area contributed by atoms with Crippen LogP contribution in [0.3, 0.4) is 0 Å². The van der Waals surface area contributed by atoms with E-state index >= 15 is 0 Å².